The molecule has 0 saturated carbocycles. The van der Waals surface area contributed by atoms with Crippen molar-refractivity contribution in [1.82, 2.24) is 0 Å². The fourth-order valence-corrected chi connectivity index (χ4v) is 5.81. The molecule has 0 saturated heterocycles. The Morgan fingerprint density at radius 2 is 1.24 bits per heavy atom. The van der Waals surface area contributed by atoms with Gasteiger partial charge in [-0.05, 0) is 44.4 Å². The minimum absolute atomic E-state index is 0.0441. The monoisotopic (exact) mass is 728 g/mol. The number of unbranched alkanes of at least 4 members (excludes halogenated alkanes) is 16. The van der Waals surface area contributed by atoms with Crippen LogP contribution >= 0.6 is 7.82 Å². The van der Waals surface area contributed by atoms with Crippen LogP contribution in [0, 0.1) is 5.92 Å². The van der Waals surface area contributed by atoms with E-state index in [0.717, 1.165) is 38.0 Å². The van der Waals surface area contributed by atoms with Gasteiger partial charge in [-0.1, -0.05) is 160 Å². The van der Waals surface area contributed by atoms with E-state index in [4.69, 9.17) is 19.3 Å². The third kappa shape index (κ3) is 37.5. The molecule has 0 aromatic carbocycles. The molecule has 0 rings (SSSR count). The van der Waals surface area contributed by atoms with Crippen LogP contribution in [0.4, 0.5) is 0 Å². The SMILES string of the molecule is CCCCCCCC/C=C/C/C=C/C=C/C(O)CCCC(=O)OC[C@H](COP(=O)(O)O)OC(=O)CCCCCCCCCCCCCC(C)C. The van der Waals surface area contributed by atoms with E-state index in [1.807, 2.05) is 12.2 Å². The van der Waals surface area contributed by atoms with Crippen molar-refractivity contribution in [2.24, 2.45) is 5.92 Å². The van der Waals surface area contributed by atoms with Gasteiger partial charge in [0.15, 0.2) is 6.10 Å². The number of hydrogen-bond donors (Lipinski definition) is 3. The number of esters is 2. The lowest BCUT2D eigenvalue weighted by atomic mass is 10.0. The van der Waals surface area contributed by atoms with Gasteiger partial charge in [-0.25, -0.2) is 4.57 Å². The number of carbonyl (C=O) groups excluding carboxylic acids is 2. The molecular formula is C40H73O9P. The highest BCUT2D eigenvalue weighted by Gasteiger charge is 2.23. The third-order valence-corrected chi connectivity index (χ3v) is 8.93. The van der Waals surface area contributed by atoms with Gasteiger partial charge >= 0.3 is 19.8 Å². The van der Waals surface area contributed by atoms with Crippen molar-refractivity contribution in [3.05, 3.63) is 36.5 Å². The Bertz CT molecular complexity index is 941. The second-order valence-electron chi connectivity index (χ2n) is 13.9. The highest BCUT2D eigenvalue weighted by molar-refractivity contribution is 7.46. The summed E-state index contributed by atoms with van der Waals surface area (Å²) in [4.78, 5) is 42.7. The smallest absolute Gasteiger partial charge is 0.462 e. The van der Waals surface area contributed by atoms with Crippen molar-refractivity contribution >= 4 is 19.8 Å². The lowest BCUT2D eigenvalue weighted by molar-refractivity contribution is -0.161. The number of aliphatic hydroxyl groups is 1. The molecule has 0 heterocycles. The summed E-state index contributed by atoms with van der Waals surface area (Å²) >= 11 is 0. The number of aliphatic hydroxyl groups excluding tert-OH is 1. The Kier molecular flexibility index (Phi) is 33.1. The van der Waals surface area contributed by atoms with Gasteiger partial charge in [-0.2, -0.15) is 0 Å². The van der Waals surface area contributed by atoms with Crippen LogP contribution in [0.2, 0.25) is 0 Å². The molecule has 10 heteroatoms. The Morgan fingerprint density at radius 3 is 1.86 bits per heavy atom. The molecule has 0 fully saturated rings. The maximum atomic E-state index is 12.4. The van der Waals surface area contributed by atoms with E-state index in [1.54, 1.807) is 12.2 Å². The van der Waals surface area contributed by atoms with Crippen LogP contribution in [0.25, 0.3) is 0 Å². The molecule has 1 unspecified atom stereocenters. The van der Waals surface area contributed by atoms with Crippen LogP contribution in [0.15, 0.2) is 36.5 Å². The number of phosphoric acid groups is 1. The molecule has 2 atom stereocenters. The number of carbonyl (C=O) groups is 2. The molecule has 0 bridgehead atoms. The molecule has 0 aliphatic carbocycles. The highest BCUT2D eigenvalue weighted by Crippen LogP contribution is 2.36. The summed E-state index contributed by atoms with van der Waals surface area (Å²) in [6.07, 6.45) is 34.8. The van der Waals surface area contributed by atoms with Crippen LogP contribution in [-0.2, 0) is 28.2 Å². The number of rotatable bonds is 35. The number of allylic oxidation sites excluding steroid dienone is 5. The molecule has 292 valence electrons. The predicted octanol–water partition coefficient (Wildman–Crippen LogP) is 10.6. The summed E-state index contributed by atoms with van der Waals surface area (Å²) in [5, 5.41) is 10.2. The summed E-state index contributed by atoms with van der Waals surface area (Å²) in [6, 6.07) is 0. The number of phosphoric ester groups is 1. The van der Waals surface area contributed by atoms with E-state index in [1.165, 1.54) is 89.9 Å². The van der Waals surface area contributed by atoms with Crippen molar-refractivity contribution in [2.75, 3.05) is 13.2 Å². The van der Waals surface area contributed by atoms with Crippen molar-refractivity contribution in [3.63, 3.8) is 0 Å². The van der Waals surface area contributed by atoms with E-state index in [9.17, 15) is 19.3 Å². The quantitative estimate of drug-likeness (QED) is 0.0191. The first-order valence-corrected chi connectivity index (χ1v) is 21.3. The van der Waals surface area contributed by atoms with E-state index in [0.29, 0.717) is 19.3 Å². The van der Waals surface area contributed by atoms with Crippen LogP contribution in [-0.4, -0.2) is 52.3 Å². The Hall–Kier alpha value is -1.77. The third-order valence-electron chi connectivity index (χ3n) is 8.44. The van der Waals surface area contributed by atoms with Crippen molar-refractivity contribution in [1.29, 1.82) is 0 Å². The molecule has 0 radical (unpaired) electrons. The summed E-state index contributed by atoms with van der Waals surface area (Å²) in [6.45, 7) is 5.82. The summed E-state index contributed by atoms with van der Waals surface area (Å²) in [5.74, 6) is -0.283. The molecule has 0 aromatic rings. The fraction of sp³-hybridized carbons (Fsp3) is 0.800. The van der Waals surface area contributed by atoms with Gasteiger partial charge in [0, 0.05) is 12.8 Å². The topological polar surface area (TPSA) is 140 Å². The zero-order valence-corrected chi connectivity index (χ0v) is 32.7. The lowest BCUT2D eigenvalue weighted by Crippen LogP contribution is -2.29. The van der Waals surface area contributed by atoms with Crippen LogP contribution in [0.1, 0.15) is 175 Å². The Morgan fingerprint density at radius 1 is 0.660 bits per heavy atom. The van der Waals surface area contributed by atoms with Gasteiger partial charge < -0.3 is 24.4 Å². The van der Waals surface area contributed by atoms with Gasteiger partial charge in [0.05, 0.1) is 12.7 Å². The van der Waals surface area contributed by atoms with Crippen LogP contribution in [0.5, 0.6) is 0 Å². The minimum atomic E-state index is -4.79. The average molecular weight is 729 g/mol. The zero-order valence-electron chi connectivity index (χ0n) is 31.8. The lowest BCUT2D eigenvalue weighted by Gasteiger charge is -2.18. The second kappa shape index (κ2) is 34.3. The maximum Gasteiger partial charge on any atom is 0.469 e. The van der Waals surface area contributed by atoms with Gasteiger partial charge in [0.1, 0.15) is 6.61 Å². The van der Waals surface area contributed by atoms with E-state index in [2.05, 4.69) is 37.4 Å². The van der Waals surface area contributed by atoms with Crippen LogP contribution in [0.3, 0.4) is 0 Å². The van der Waals surface area contributed by atoms with Gasteiger partial charge in [-0.15, -0.1) is 0 Å². The van der Waals surface area contributed by atoms with Gasteiger partial charge in [-0.3, -0.25) is 14.1 Å². The molecule has 0 aliphatic rings. The first-order chi connectivity index (χ1) is 24.0. The van der Waals surface area contributed by atoms with Crippen molar-refractivity contribution in [2.45, 2.75) is 187 Å². The van der Waals surface area contributed by atoms with E-state index >= 15 is 0 Å². The van der Waals surface area contributed by atoms with E-state index < -0.39 is 38.6 Å². The first kappa shape index (κ1) is 48.2. The summed E-state index contributed by atoms with van der Waals surface area (Å²) in [5.41, 5.74) is 0. The van der Waals surface area contributed by atoms with Crippen LogP contribution < -0.4 is 0 Å². The minimum Gasteiger partial charge on any atom is -0.462 e. The summed E-state index contributed by atoms with van der Waals surface area (Å²) < 4.78 is 26.2. The molecule has 0 aliphatic heterocycles. The van der Waals surface area contributed by atoms with E-state index in [-0.39, 0.29) is 19.4 Å². The van der Waals surface area contributed by atoms with Gasteiger partial charge in [0.2, 0.25) is 0 Å². The summed E-state index contributed by atoms with van der Waals surface area (Å²) in [7, 11) is -4.79. The largest absolute Gasteiger partial charge is 0.469 e. The molecular weight excluding hydrogens is 655 g/mol. The molecule has 9 nitrogen and oxygen atoms in total. The standard InChI is InChI=1S/C40H73O9P/c1-4-5-6-7-8-9-10-11-14-17-20-23-26-30-37(41)31-28-33-39(42)47-34-38(35-48-50(44,45)46)49-40(43)32-27-24-21-18-15-12-13-16-19-22-25-29-36(2)3/h11,14,20,23,26,30,36-38,41H,4-10,12-13,15-19,21-22,24-25,27-29,31-35H2,1-3H3,(H2,44,45,46)/b14-11+,23-20+,30-26+/t37?,38-/m1/s1. The zero-order chi connectivity index (χ0) is 37.1. The van der Waals surface area contributed by atoms with Crippen molar-refractivity contribution in [3.8, 4) is 0 Å². The molecule has 0 amide bonds. The highest BCUT2D eigenvalue weighted by atomic mass is 31.2. The average Bonchev–Trinajstić information content (AvgIpc) is 3.06. The molecule has 0 aromatic heterocycles. The number of ether oxygens (including phenoxy) is 2. The Balaban J connectivity index is 4.14. The second-order valence-corrected chi connectivity index (χ2v) is 15.2. The fourth-order valence-electron chi connectivity index (χ4n) is 5.45. The van der Waals surface area contributed by atoms with Gasteiger partial charge in [0.25, 0.3) is 0 Å². The molecule has 50 heavy (non-hydrogen) atoms. The number of hydrogen-bond acceptors (Lipinski definition) is 7. The Labute approximate surface area is 304 Å². The maximum absolute atomic E-state index is 12.4. The predicted molar refractivity (Wildman–Crippen MR) is 204 cm³/mol. The normalized spacial score (nSPS) is 13.6. The first-order valence-electron chi connectivity index (χ1n) is 19.7. The van der Waals surface area contributed by atoms with Crippen molar-refractivity contribution < 1.29 is 43.0 Å². The molecule has 3 N–H and O–H groups in total. The molecule has 0 spiro atoms.